The zero-order chi connectivity index (χ0) is 15.2. The van der Waals surface area contributed by atoms with E-state index in [4.69, 9.17) is 9.84 Å². The van der Waals surface area contributed by atoms with Crippen LogP contribution in [0.5, 0.6) is 5.75 Å². The topological polar surface area (TPSA) is 41.5 Å². The molecule has 0 aromatic heterocycles. The average molecular weight is 291 g/mol. The highest BCUT2D eigenvalue weighted by molar-refractivity contribution is 5.39. The smallest absolute Gasteiger partial charge is 0.419 e. The Balaban J connectivity index is 2.89. The van der Waals surface area contributed by atoms with Gasteiger partial charge in [-0.15, -0.1) is 0 Å². The molecule has 3 nitrogen and oxygen atoms in total. The van der Waals surface area contributed by atoms with Crippen molar-refractivity contribution in [1.29, 1.82) is 0 Å². The van der Waals surface area contributed by atoms with Crippen LogP contribution in [0.4, 0.5) is 13.2 Å². The maximum absolute atomic E-state index is 13.0. The molecule has 0 saturated carbocycles. The maximum Gasteiger partial charge on any atom is 0.419 e. The number of hydrogen-bond donors (Lipinski definition) is 2. The van der Waals surface area contributed by atoms with E-state index in [0.29, 0.717) is 18.5 Å². The number of benzene rings is 1. The van der Waals surface area contributed by atoms with E-state index in [1.165, 1.54) is 6.07 Å². The molecule has 0 aliphatic heterocycles. The van der Waals surface area contributed by atoms with E-state index in [-0.39, 0.29) is 25.0 Å². The van der Waals surface area contributed by atoms with Gasteiger partial charge < -0.3 is 15.2 Å². The fourth-order valence-corrected chi connectivity index (χ4v) is 1.60. The number of aliphatic hydroxyl groups is 1. The van der Waals surface area contributed by atoms with E-state index in [2.05, 4.69) is 5.32 Å². The van der Waals surface area contributed by atoms with Crippen LogP contribution in [0.1, 0.15) is 31.4 Å². The van der Waals surface area contributed by atoms with E-state index >= 15 is 0 Å². The van der Waals surface area contributed by atoms with E-state index in [1.807, 2.05) is 13.8 Å². The Morgan fingerprint density at radius 1 is 1.30 bits per heavy atom. The highest BCUT2D eigenvalue weighted by atomic mass is 19.4. The summed E-state index contributed by atoms with van der Waals surface area (Å²) in [7, 11) is 0. The van der Waals surface area contributed by atoms with E-state index in [9.17, 15) is 13.2 Å². The average Bonchev–Trinajstić information content (AvgIpc) is 2.36. The molecule has 0 heterocycles. The van der Waals surface area contributed by atoms with Crippen molar-refractivity contribution in [3.63, 3.8) is 0 Å². The van der Waals surface area contributed by atoms with Gasteiger partial charge in [0.25, 0.3) is 0 Å². The first-order valence-electron chi connectivity index (χ1n) is 6.51. The summed E-state index contributed by atoms with van der Waals surface area (Å²) in [4.78, 5) is 0. The van der Waals surface area contributed by atoms with Crippen molar-refractivity contribution >= 4 is 0 Å². The van der Waals surface area contributed by atoms with Gasteiger partial charge in [0.15, 0.2) is 0 Å². The molecule has 0 fully saturated rings. The number of aliphatic hydroxyl groups excluding tert-OH is 1. The second-order valence-corrected chi connectivity index (χ2v) is 4.79. The van der Waals surface area contributed by atoms with Crippen LogP contribution in [0.2, 0.25) is 0 Å². The first-order valence-corrected chi connectivity index (χ1v) is 6.51. The van der Waals surface area contributed by atoms with Crippen molar-refractivity contribution < 1.29 is 23.0 Å². The normalized spacial score (nSPS) is 11.9. The number of rotatable bonds is 7. The Bertz CT molecular complexity index is 419. The minimum atomic E-state index is -4.46. The lowest BCUT2D eigenvalue weighted by Gasteiger charge is -2.16. The lowest BCUT2D eigenvalue weighted by Crippen LogP contribution is -2.22. The fourth-order valence-electron chi connectivity index (χ4n) is 1.60. The second-order valence-electron chi connectivity index (χ2n) is 4.79. The minimum Gasteiger partial charge on any atom is -0.493 e. The molecule has 114 valence electrons. The Kier molecular flexibility index (Phi) is 6.29. The summed E-state index contributed by atoms with van der Waals surface area (Å²) in [6.45, 7) is 4.17. The maximum atomic E-state index is 13.0. The van der Waals surface area contributed by atoms with Crippen molar-refractivity contribution in [2.24, 2.45) is 0 Å². The van der Waals surface area contributed by atoms with E-state index in [0.717, 1.165) is 6.07 Å². The Hall–Kier alpha value is -1.27. The summed E-state index contributed by atoms with van der Waals surface area (Å²) in [5, 5.41) is 11.7. The first kappa shape index (κ1) is 16.8. The summed E-state index contributed by atoms with van der Waals surface area (Å²) in [6, 6.07) is 4.24. The molecule has 0 radical (unpaired) electrons. The van der Waals surface area contributed by atoms with Crippen molar-refractivity contribution in [1.82, 2.24) is 5.32 Å². The van der Waals surface area contributed by atoms with Gasteiger partial charge in [0.05, 0.1) is 12.2 Å². The van der Waals surface area contributed by atoms with Crippen molar-refractivity contribution in [3.05, 3.63) is 29.3 Å². The number of nitrogens with one attached hydrogen (secondary N) is 1. The standard InChI is InChI=1S/C14H20F3NO2/c1-10(2)18-9-11-4-5-13(20-7-3-6-19)12(8-11)14(15,16)17/h4-5,8,10,18-19H,3,6-7,9H2,1-2H3. The number of hydrogen-bond acceptors (Lipinski definition) is 3. The van der Waals surface area contributed by atoms with Gasteiger partial charge in [0.1, 0.15) is 5.75 Å². The quantitative estimate of drug-likeness (QED) is 0.759. The van der Waals surface area contributed by atoms with E-state index in [1.54, 1.807) is 6.07 Å². The Morgan fingerprint density at radius 2 is 2.00 bits per heavy atom. The summed E-state index contributed by atoms with van der Waals surface area (Å²) < 4.78 is 44.0. The van der Waals surface area contributed by atoms with Crippen LogP contribution in [-0.2, 0) is 12.7 Å². The van der Waals surface area contributed by atoms with Crippen molar-refractivity contribution in [2.45, 2.75) is 39.0 Å². The molecule has 0 saturated heterocycles. The number of halogens is 3. The molecule has 1 aromatic rings. The van der Waals surface area contributed by atoms with Gasteiger partial charge in [-0.25, -0.2) is 0 Å². The third kappa shape index (κ3) is 5.38. The van der Waals surface area contributed by atoms with Gasteiger partial charge in [0, 0.05) is 25.6 Å². The van der Waals surface area contributed by atoms with Crippen LogP contribution in [0.25, 0.3) is 0 Å². The molecule has 0 unspecified atom stereocenters. The lowest BCUT2D eigenvalue weighted by atomic mass is 10.1. The van der Waals surface area contributed by atoms with Crippen molar-refractivity contribution in [2.75, 3.05) is 13.2 Å². The molecule has 0 bridgehead atoms. The largest absolute Gasteiger partial charge is 0.493 e. The third-order valence-electron chi connectivity index (χ3n) is 2.62. The minimum absolute atomic E-state index is 0.0587. The van der Waals surface area contributed by atoms with Gasteiger partial charge in [-0.05, 0) is 17.7 Å². The molecule has 0 spiro atoms. The summed E-state index contributed by atoms with van der Waals surface area (Å²) >= 11 is 0. The van der Waals surface area contributed by atoms with Crippen LogP contribution in [0.15, 0.2) is 18.2 Å². The molecule has 1 aromatic carbocycles. The highest BCUT2D eigenvalue weighted by Gasteiger charge is 2.34. The molecule has 20 heavy (non-hydrogen) atoms. The number of ether oxygens (including phenoxy) is 1. The SMILES string of the molecule is CC(C)NCc1ccc(OCCCO)c(C(F)(F)F)c1. The van der Waals surface area contributed by atoms with Crippen molar-refractivity contribution in [3.8, 4) is 5.75 Å². The van der Waals surface area contributed by atoms with Crippen LogP contribution in [0, 0.1) is 0 Å². The molecule has 6 heteroatoms. The zero-order valence-corrected chi connectivity index (χ0v) is 11.6. The van der Waals surface area contributed by atoms with Gasteiger partial charge in [-0.1, -0.05) is 19.9 Å². The molecular formula is C14H20F3NO2. The zero-order valence-electron chi connectivity index (χ0n) is 11.6. The lowest BCUT2D eigenvalue weighted by molar-refractivity contribution is -0.139. The molecule has 0 aliphatic rings. The van der Waals surface area contributed by atoms with Crippen LogP contribution < -0.4 is 10.1 Å². The number of alkyl halides is 3. The highest BCUT2D eigenvalue weighted by Crippen LogP contribution is 2.36. The van der Waals surface area contributed by atoms with Gasteiger partial charge in [0.2, 0.25) is 0 Å². The summed E-state index contributed by atoms with van der Waals surface area (Å²) in [6.07, 6.45) is -4.16. The molecule has 0 atom stereocenters. The molecule has 2 N–H and O–H groups in total. The molecule has 0 amide bonds. The second kappa shape index (κ2) is 7.50. The molecular weight excluding hydrogens is 271 g/mol. The Morgan fingerprint density at radius 3 is 2.55 bits per heavy atom. The van der Waals surface area contributed by atoms with E-state index < -0.39 is 11.7 Å². The third-order valence-corrected chi connectivity index (χ3v) is 2.62. The van der Waals surface area contributed by atoms with Gasteiger partial charge >= 0.3 is 6.18 Å². The van der Waals surface area contributed by atoms with Crippen LogP contribution in [0.3, 0.4) is 0 Å². The molecule has 0 aliphatic carbocycles. The summed E-state index contributed by atoms with van der Waals surface area (Å²) in [5.74, 6) is -0.195. The van der Waals surface area contributed by atoms with Gasteiger partial charge in [-0.3, -0.25) is 0 Å². The van der Waals surface area contributed by atoms with Crippen LogP contribution >= 0.6 is 0 Å². The predicted octanol–water partition coefficient (Wildman–Crippen LogP) is 2.96. The predicted molar refractivity (Wildman–Crippen MR) is 70.6 cm³/mol. The van der Waals surface area contributed by atoms with Gasteiger partial charge in [-0.2, -0.15) is 13.2 Å². The Labute approximate surface area is 116 Å². The monoisotopic (exact) mass is 291 g/mol. The first-order chi connectivity index (χ1) is 9.34. The summed E-state index contributed by atoms with van der Waals surface area (Å²) in [5.41, 5.74) is -0.223. The van der Waals surface area contributed by atoms with Crippen LogP contribution in [-0.4, -0.2) is 24.4 Å². The molecule has 1 rings (SSSR count). The fraction of sp³-hybridized carbons (Fsp3) is 0.571.